The molecule has 1 N–H and O–H groups in total. The van der Waals surface area contributed by atoms with Gasteiger partial charge in [0.15, 0.2) is 12.4 Å². The number of Topliss-reactive ketones (excluding diaryl/α,β-unsaturated/α-hetero) is 1. The molecule has 0 saturated heterocycles. The zero-order valence-electron chi connectivity index (χ0n) is 13.9. The Labute approximate surface area is 136 Å². The smallest absolute Gasteiger partial charge is 0.260 e. The predicted molar refractivity (Wildman–Crippen MR) is 87.5 cm³/mol. The highest BCUT2D eigenvalue weighted by molar-refractivity contribution is 5.95. The van der Waals surface area contributed by atoms with Crippen LogP contribution in [0.15, 0.2) is 24.3 Å². The average Bonchev–Trinajstić information content (AvgIpc) is 2.57. The average molecular weight is 320 g/mol. The molecule has 126 valence electrons. The summed E-state index contributed by atoms with van der Waals surface area (Å²) in [4.78, 5) is 36.6. The lowest BCUT2D eigenvalue weighted by Gasteiger charge is -2.20. The zero-order valence-corrected chi connectivity index (χ0v) is 13.9. The Hall–Kier alpha value is -2.37. The summed E-state index contributed by atoms with van der Waals surface area (Å²) in [5.41, 5.74) is 0.623. The molecule has 1 rings (SSSR count). The maximum absolute atomic E-state index is 12.1. The first-order valence-corrected chi connectivity index (χ1v) is 7.82. The molecular formula is C17H24N2O4. The minimum atomic E-state index is -0.257. The third kappa shape index (κ3) is 6.10. The van der Waals surface area contributed by atoms with Gasteiger partial charge in [-0.15, -0.1) is 0 Å². The molecule has 6 nitrogen and oxygen atoms in total. The lowest BCUT2D eigenvalue weighted by molar-refractivity contribution is -0.137. The van der Waals surface area contributed by atoms with Gasteiger partial charge in [0.1, 0.15) is 5.75 Å². The monoisotopic (exact) mass is 320 g/mol. The molecule has 0 saturated carbocycles. The van der Waals surface area contributed by atoms with Gasteiger partial charge in [-0.25, -0.2) is 0 Å². The van der Waals surface area contributed by atoms with E-state index in [4.69, 9.17) is 4.74 Å². The summed E-state index contributed by atoms with van der Waals surface area (Å²) < 4.78 is 5.43. The van der Waals surface area contributed by atoms with E-state index in [9.17, 15) is 14.4 Å². The highest BCUT2D eigenvalue weighted by Crippen LogP contribution is 2.13. The highest BCUT2D eigenvalue weighted by atomic mass is 16.5. The van der Waals surface area contributed by atoms with Gasteiger partial charge in [0.25, 0.3) is 5.91 Å². The first kappa shape index (κ1) is 18.7. The van der Waals surface area contributed by atoms with Crippen LogP contribution in [0.2, 0.25) is 0 Å². The highest BCUT2D eigenvalue weighted by Gasteiger charge is 2.15. The summed E-state index contributed by atoms with van der Waals surface area (Å²) in [6.45, 7) is 6.28. The second-order valence-corrected chi connectivity index (χ2v) is 4.95. The first-order valence-electron chi connectivity index (χ1n) is 7.82. The molecule has 6 heteroatoms. The van der Waals surface area contributed by atoms with Crippen molar-refractivity contribution in [2.75, 3.05) is 26.2 Å². The van der Waals surface area contributed by atoms with Gasteiger partial charge in [-0.1, -0.05) is 6.92 Å². The Morgan fingerprint density at radius 1 is 1.09 bits per heavy atom. The Morgan fingerprint density at radius 3 is 2.26 bits per heavy atom. The quantitative estimate of drug-likeness (QED) is 0.702. The van der Waals surface area contributed by atoms with E-state index in [0.29, 0.717) is 30.8 Å². The summed E-state index contributed by atoms with van der Waals surface area (Å²) in [7, 11) is 0. The largest absolute Gasteiger partial charge is 0.484 e. The van der Waals surface area contributed by atoms with E-state index in [1.165, 1.54) is 4.90 Å². The van der Waals surface area contributed by atoms with Gasteiger partial charge in [0, 0.05) is 25.1 Å². The molecule has 2 amide bonds. The van der Waals surface area contributed by atoms with Crippen LogP contribution in [0.1, 0.15) is 37.6 Å². The SMILES string of the molecule is CCNC(=O)CN(CC)C(=O)COc1ccc(C(=O)CC)cc1. The maximum atomic E-state index is 12.1. The van der Waals surface area contributed by atoms with E-state index < -0.39 is 0 Å². The molecule has 0 fully saturated rings. The molecule has 1 aromatic carbocycles. The zero-order chi connectivity index (χ0) is 17.2. The van der Waals surface area contributed by atoms with Crippen molar-refractivity contribution in [2.24, 2.45) is 0 Å². The van der Waals surface area contributed by atoms with Crippen LogP contribution in [0.4, 0.5) is 0 Å². The van der Waals surface area contributed by atoms with Crippen molar-refractivity contribution in [2.45, 2.75) is 27.2 Å². The molecule has 0 bridgehead atoms. The van der Waals surface area contributed by atoms with Crippen LogP contribution >= 0.6 is 0 Å². The number of hydrogen-bond donors (Lipinski definition) is 1. The Bertz CT molecular complexity index is 540. The molecule has 0 aromatic heterocycles. The van der Waals surface area contributed by atoms with E-state index in [1.807, 2.05) is 13.8 Å². The second kappa shape index (κ2) is 9.61. The van der Waals surface area contributed by atoms with Crippen molar-refractivity contribution in [1.29, 1.82) is 0 Å². The molecule has 23 heavy (non-hydrogen) atoms. The van der Waals surface area contributed by atoms with Gasteiger partial charge in [0.2, 0.25) is 5.91 Å². The minimum absolute atomic E-state index is 0.0243. The molecule has 0 heterocycles. The van der Waals surface area contributed by atoms with Crippen LogP contribution in [-0.2, 0) is 9.59 Å². The normalized spacial score (nSPS) is 10.0. The number of carbonyl (C=O) groups is 3. The van der Waals surface area contributed by atoms with Gasteiger partial charge in [-0.05, 0) is 38.1 Å². The standard InChI is InChI=1S/C17H24N2O4/c1-4-15(20)13-7-9-14(10-8-13)23-12-17(22)19(6-3)11-16(21)18-5-2/h7-10H,4-6,11-12H2,1-3H3,(H,18,21). The van der Waals surface area contributed by atoms with Gasteiger partial charge < -0.3 is 15.0 Å². The number of ketones is 1. The Morgan fingerprint density at radius 2 is 1.74 bits per heavy atom. The van der Waals surface area contributed by atoms with Crippen molar-refractivity contribution in [1.82, 2.24) is 10.2 Å². The molecule has 0 radical (unpaired) electrons. The first-order chi connectivity index (χ1) is 11.0. The summed E-state index contributed by atoms with van der Waals surface area (Å²) in [6, 6.07) is 6.68. The van der Waals surface area contributed by atoms with E-state index in [-0.39, 0.29) is 30.7 Å². The van der Waals surface area contributed by atoms with Crippen molar-refractivity contribution < 1.29 is 19.1 Å². The summed E-state index contributed by atoms with van der Waals surface area (Å²) in [5.74, 6) is 0.129. The summed E-state index contributed by atoms with van der Waals surface area (Å²) in [6.07, 6.45) is 0.448. The minimum Gasteiger partial charge on any atom is -0.484 e. The fraction of sp³-hybridized carbons (Fsp3) is 0.471. The second-order valence-electron chi connectivity index (χ2n) is 4.95. The number of hydrogen-bond acceptors (Lipinski definition) is 4. The number of ether oxygens (including phenoxy) is 1. The topological polar surface area (TPSA) is 75.7 Å². The van der Waals surface area contributed by atoms with Crippen molar-refractivity contribution in [3.8, 4) is 5.75 Å². The van der Waals surface area contributed by atoms with Crippen LogP contribution in [-0.4, -0.2) is 48.7 Å². The van der Waals surface area contributed by atoms with Crippen LogP contribution in [0.5, 0.6) is 5.75 Å². The Kier molecular flexibility index (Phi) is 7.80. The summed E-state index contributed by atoms with van der Waals surface area (Å²) in [5, 5.41) is 2.66. The number of nitrogens with one attached hydrogen (secondary N) is 1. The molecule has 0 unspecified atom stereocenters. The van der Waals surface area contributed by atoms with Crippen LogP contribution in [0.25, 0.3) is 0 Å². The maximum Gasteiger partial charge on any atom is 0.260 e. The van der Waals surface area contributed by atoms with E-state index in [2.05, 4.69) is 5.32 Å². The number of carbonyl (C=O) groups excluding carboxylic acids is 3. The fourth-order valence-electron chi connectivity index (χ4n) is 1.98. The molecule has 0 aliphatic heterocycles. The lowest BCUT2D eigenvalue weighted by atomic mass is 10.1. The lowest BCUT2D eigenvalue weighted by Crippen LogP contribution is -2.42. The van der Waals surface area contributed by atoms with Crippen molar-refractivity contribution >= 4 is 17.6 Å². The molecular weight excluding hydrogens is 296 g/mol. The van der Waals surface area contributed by atoms with E-state index >= 15 is 0 Å². The van der Waals surface area contributed by atoms with Gasteiger partial charge >= 0.3 is 0 Å². The van der Waals surface area contributed by atoms with Crippen molar-refractivity contribution in [3.63, 3.8) is 0 Å². The third-order valence-electron chi connectivity index (χ3n) is 3.30. The van der Waals surface area contributed by atoms with E-state index in [0.717, 1.165) is 0 Å². The molecule has 1 aromatic rings. The fourth-order valence-corrected chi connectivity index (χ4v) is 1.98. The number of benzene rings is 1. The predicted octanol–water partition coefficient (Wildman–Crippen LogP) is 1.64. The summed E-state index contributed by atoms with van der Waals surface area (Å²) >= 11 is 0. The van der Waals surface area contributed by atoms with Crippen LogP contribution in [0, 0.1) is 0 Å². The number of rotatable bonds is 9. The Balaban J connectivity index is 2.53. The third-order valence-corrected chi connectivity index (χ3v) is 3.30. The molecule has 0 atom stereocenters. The number of amides is 2. The van der Waals surface area contributed by atoms with E-state index in [1.54, 1.807) is 31.2 Å². The van der Waals surface area contributed by atoms with Crippen LogP contribution < -0.4 is 10.1 Å². The van der Waals surface area contributed by atoms with Gasteiger partial charge in [0.05, 0.1) is 6.54 Å². The molecule has 0 spiro atoms. The number of nitrogens with zero attached hydrogens (tertiary/aromatic N) is 1. The molecule has 0 aliphatic carbocycles. The van der Waals surface area contributed by atoms with Gasteiger partial charge in [-0.3, -0.25) is 14.4 Å². The molecule has 0 aliphatic rings. The van der Waals surface area contributed by atoms with Crippen molar-refractivity contribution in [3.05, 3.63) is 29.8 Å². The number of likely N-dealkylation sites (N-methyl/N-ethyl adjacent to an activating group) is 2. The van der Waals surface area contributed by atoms with Crippen LogP contribution in [0.3, 0.4) is 0 Å². The van der Waals surface area contributed by atoms with Gasteiger partial charge in [-0.2, -0.15) is 0 Å².